The van der Waals surface area contributed by atoms with Gasteiger partial charge in [-0.05, 0) is 71.5 Å². The number of imide groups is 1. The van der Waals surface area contributed by atoms with Gasteiger partial charge in [0.15, 0.2) is 11.5 Å². The quantitative estimate of drug-likeness (QED) is 0.220. The van der Waals surface area contributed by atoms with Crippen molar-refractivity contribution in [3.63, 3.8) is 0 Å². The Bertz CT molecular complexity index is 892. The van der Waals surface area contributed by atoms with Crippen molar-refractivity contribution in [2.45, 2.75) is 26.4 Å². The molecule has 0 unspecified atom stereocenters. The van der Waals surface area contributed by atoms with Gasteiger partial charge in [0, 0.05) is 0 Å². The van der Waals surface area contributed by atoms with Gasteiger partial charge in [-0.25, -0.2) is 0 Å². The zero-order valence-corrected chi connectivity index (χ0v) is 19.2. The van der Waals surface area contributed by atoms with Crippen LogP contribution < -0.4 is 9.47 Å². The van der Waals surface area contributed by atoms with E-state index in [-0.39, 0.29) is 17.6 Å². The summed E-state index contributed by atoms with van der Waals surface area (Å²) in [5.41, 5.74) is 0.645. The summed E-state index contributed by atoms with van der Waals surface area (Å²) in [5.74, 6) is 2.19. The molecule has 7 nitrogen and oxygen atoms in total. The van der Waals surface area contributed by atoms with E-state index in [9.17, 15) is 14.4 Å². The van der Waals surface area contributed by atoms with E-state index >= 15 is 0 Å². The van der Waals surface area contributed by atoms with E-state index in [0.29, 0.717) is 23.5 Å². The number of benzene rings is 1. The van der Waals surface area contributed by atoms with Crippen LogP contribution in [0, 0.1) is 15.9 Å². The highest BCUT2D eigenvalue weighted by molar-refractivity contribution is 14.1. The molecule has 2 amide bonds. The molecule has 1 aliphatic rings. The van der Waals surface area contributed by atoms with Crippen molar-refractivity contribution in [2.24, 2.45) is 0 Å². The first kappa shape index (κ1) is 23.1. The second-order valence-corrected chi connectivity index (χ2v) is 8.16. The summed E-state index contributed by atoms with van der Waals surface area (Å²) >= 11 is 2.84. The molecule has 0 N–H and O–H groups in total. The van der Waals surface area contributed by atoms with Gasteiger partial charge in [-0.3, -0.25) is 19.3 Å². The predicted octanol–water partition coefficient (Wildman–Crippen LogP) is 3.69. The number of rotatable bonds is 8. The minimum absolute atomic E-state index is 0.0946. The van der Waals surface area contributed by atoms with Gasteiger partial charge in [0.1, 0.15) is 13.2 Å². The van der Waals surface area contributed by atoms with Gasteiger partial charge in [0.05, 0.1) is 21.7 Å². The summed E-state index contributed by atoms with van der Waals surface area (Å²) in [4.78, 5) is 37.8. The first-order valence-corrected chi connectivity index (χ1v) is 10.6. The number of terminal acetylenes is 1. The van der Waals surface area contributed by atoms with Crippen molar-refractivity contribution in [1.29, 1.82) is 0 Å². The fourth-order valence-corrected chi connectivity index (χ4v) is 3.96. The molecule has 1 aromatic carbocycles. The van der Waals surface area contributed by atoms with Gasteiger partial charge in [0.2, 0.25) is 0 Å². The van der Waals surface area contributed by atoms with E-state index < -0.39 is 23.7 Å². The molecule has 2 rings (SSSR count). The van der Waals surface area contributed by atoms with Crippen molar-refractivity contribution in [3.05, 3.63) is 26.2 Å². The number of carbonyl (C=O) groups is 3. The maximum Gasteiger partial charge on any atom is 0.326 e. The second-order valence-electron chi connectivity index (χ2n) is 6.00. The molecule has 9 heteroatoms. The number of nitrogens with zero attached hydrogens (tertiary/aromatic N) is 1. The molecule has 0 aliphatic carbocycles. The fraction of sp³-hybridized carbons (Fsp3) is 0.350. The average molecular weight is 529 g/mol. The Labute approximate surface area is 187 Å². The number of halogens is 1. The van der Waals surface area contributed by atoms with Crippen molar-refractivity contribution in [1.82, 2.24) is 4.90 Å². The fourth-order valence-electron chi connectivity index (χ4n) is 2.34. The maximum absolute atomic E-state index is 12.6. The van der Waals surface area contributed by atoms with Crippen LogP contribution in [0.4, 0.5) is 4.79 Å². The first-order chi connectivity index (χ1) is 13.8. The molecular formula is C20H20INO6S. The summed E-state index contributed by atoms with van der Waals surface area (Å²) in [6, 6.07) is 3.46. The molecule has 1 fully saturated rings. The molecule has 1 heterocycles. The number of amides is 2. The third-order valence-electron chi connectivity index (χ3n) is 3.92. The van der Waals surface area contributed by atoms with Crippen molar-refractivity contribution < 1.29 is 28.6 Å². The molecule has 0 radical (unpaired) electrons. The van der Waals surface area contributed by atoms with Crippen LogP contribution in [0.15, 0.2) is 17.0 Å². The van der Waals surface area contributed by atoms with E-state index in [4.69, 9.17) is 20.6 Å². The first-order valence-electron chi connectivity index (χ1n) is 8.69. The molecule has 154 valence electrons. The molecular weight excluding hydrogens is 509 g/mol. The molecule has 1 saturated heterocycles. The SMILES string of the molecule is C#CCOc1c(I)cc(/C=C2/SC(=O)N(CC(=O)O[C@@H](C)CC)C2=O)cc1OC. The van der Waals surface area contributed by atoms with E-state index in [1.165, 1.54) is 7.11 Å². The minimum atomic E-state index is -0.617. The molecule has 1 aliphatic heterocycles. The van der Waals surface area contributed by atoms with Gasteiger partial charge in [-0.1, -0.05) is 12.8 Å². The Morgan fingerprint density at radius 1 is 1.41 bits per heavy atom. The van der Waals surface area contributed by atoms with Crippen LogP contribution in [0.5, 0.6) is 11.5 Å². The summed E-state index contributed by atoms with van der Waals surface area (Å²) in [7, 11) is 1.49. The van der Waals surface area contributed by atoms with Gasteiger partial charge in [-0.2, -0.15) is 0 Å². The van der Waals surface area contributed by atoms with Gasteiger partial charge in [-0.15, -0.1) is 6.42 Å². The largest absolute Gasteiger partial charge is 0.493 e. The summed E-state index contributed by atoms with van der Waals surface area (Å²) in [6.07, 6.45) is 7.17. The summed E-state index contributed by atoms with van der Waals surface area (Å²) in [5, 5.41) is -0.516. The summed E-state index contributed by atoms with van der Waals surface area (Å²) in [6.45, 7) is 3.31. The van der Waals surface area contributed by atoms with Crippen LogP contribution in [0.1, 0.15) is 25.8 Å². The van der Waals surface area contributed by atoms with Crippen LogP contribution in [0.3, 0.4) is 0 Å². The van der Waals surface area contributed by atoms with Crippen molar-refractivity contribution in [2.75, 3.05) is 20.3 Å². The number of hydrogen-bond acceptors (Lipinski definition) is 7. The lowest BCUT2D eigenvalue weighted by molar-refractivity contribution is -0.150. The van der Waals surface area contributed by atoms with Crippen LogP contribution in [0.25, 0.3) is 6.08 Å². The zero-order valence-electron chi connectivity index (χ0n) is 16.2. The lowest BCUT2D eigenvalue weighted by Crippen LogP contribution is -2.35. The highest BCUT2D eigenvalue weighted by atomic mass is 127. The topological polar surface area (TPSA) is 82.1 Å². The van der Waals surface area contributed by atoms with Crippen molar-refractivity contribution in [3.8, 4) is 23.8 Å². The molecule has 0 saturated carbocycles. The molecule has 1 aromatic rings. The number of esters is 1. The van der Waals surface area contributed by atoms with Gasteiger partial charge < -0.3 is 14.2 Å². The van der Waals surface area contributed by atoms with Crippen LogP contribution >= 0.6 is 34.4 Å². The molecule has 0 spiro atoms. The highest BCUT2D eigenvalue weighted by Crippen LogP contribution is 2.37. The van der Waals surface area contributed by atoms with Gasteiger partial charge in [0.25, 0.3) is 11.1 Å². The third kappa shape index (κ3) is 5.90. The Kier molecular flexibility index (Phi) is 8.40. The van der Waals surface area contributed by atoms with E-state index in [2.05, 4.69) is 28.5 Å². The average Bonchev–Trinajstić information content (AvgIpc) is 2.93. The van der Waals surface area contributed by atoms with Crippen LogP contribution in [0.2, 0.25) is 0 Å². The van der Waals surface area contributed by atoms with E-state index in [1.807, 2.05) is 6.92 Å². The number of thioether (sulfide) groups is 1. The minimum Gasteiger partial charge on any atom is -0.493 e. The Balaban J connectivity index is 2.21. The Hall–Kier alpha value is -2.19. The van der Waals surface area contributed by atoms with Gasteiger partial charge >= 0.3 is 5.97 Å². The van der Waals surface area contributed by atoms with E-state index in [0.717, 1.165) is 20.2 Å². The van der Waals surface area contributed by atoms with E-state index in [1.54, 1.807) is 25.1 Å². The maximum atomic E-state index is 12.6. The standard InChI is InChI=1S/C20H20INO6S/c1-5-7-27-18-14(21)8-13(9-15(18)26-4)10-16-19(24)22(20(25)29-16)11-17(23)28-12(3)6-2/h1,8-10,12H,6-7,11H2,2-4H3/b16-10+/t12-/m0/s1. The Morgan fingerprint density at radius 2 is 2.14 bits per heavy atom. The van der Waals surface area contributed by atoms with Crippen LogP contribution in [-0.2, 0) is 14.3 Å². The zero-order chi connectivity index (χ0) is 21.6. The smallest absolute Gasteiger partial charge is 0.326 e. The van der Waals surface area contributed by atoms with Crippen molar-refractivity contribution >= 4 is 57.5 Å². The molecule has 0 aromatic heterocycles. The third-order valence-corrected chi connectivity index (χ3v) is 5.63. The molecule has 1 atom stereocenters. The Morgan fingerprint density at radius 3 is 2.76 bits per heavy atom. The lowest BCUT2D eigenvalue weighted by atomic mass is 10.2. The molecule has 29 heavy (non-hydrogen) atoms. The number of methoxy groups -OCH3 is 1. The molecule has 0 bridgehead atoms. The predicted molar refractivity (Wildman–Crippen MR) is 119 cm³/mol. The summed E-state index contributed by atoms with van der Waals surface area (Å²) < 4.78 is 16.7. The number of ether oxygens (including phenoxy) is 3. The number of hydrogen-bond donors (Lipinski definition) is 0. The lowest BCUT2D eigenvalue weighted by Gasteiger charge is -2.15. The second kappa shape index (κ2) is 10.5. The monoisotopic (exact) mass is 529 g/mol. The van der Waals surface area contributed by atoms with Crippen LogP contribution in [-0.4, -0.2) is 48.4 Å². The normalized spacial score (nSPS) is 16.0. The number of carbonyl (C=O) groups excluding carboxylic acids is 3. The highest BCUT2D eigenvalue weighted by Gasteiger charge is 2.37.